The van der Waals surface area contributed by atoms with Crippen LogP contribution in [0.3, 0.4) is 0 Å². The molecule has 110 valence electrons. The summed E-state index contributed by atoms with van der Waals surface area (Å²) in [5, 5.41) is 17.2. The summed E-state index contributed by atoms with van der Waals surface area (Å²) in [6, 6.07) is -0.0941. The van der Waals surface area contributed by atoms with Gasteiger partial charge in [0.25, 0.3) is 0 Å². The van der Waals surface area contributed by atoms with Crippen molar-refractivity contribution in [3.63, 3.8) is 0 Å². The average molecular weight is 297 g/mol. The largest absolute Gasteiger partial charge is 0.476 e. The maximum absolute atomic E-state index is 12.0. The molecule has 2 heterocycles. The molecule has 6 nitrogen and oxygen atoms in total. The van der Waals surface area contributed by atoms with Crippen LogP contribution in [0.5, 0.6) is 0 Å². The summed E-state index contributed by atoms with van der Waals surface area (Å²) in [6.07, 6.45) is 4.83. The Hall–Kier alpha value is -1.47. The number of hydrogen-bond acceptors (Lipinski definition) is 5. The van der Waals surface area contributed by atoms with Gasteiger partial charge in [0.2, 0.25) is 5.91 Å². The van der Waals surface area contributed by atoms with Gasteiger partial charge in [-0.15, -0.1) is 11.3 Å². The Morgan fingerprint density at radius 3 is 3.05 bits per heavy atom. The average Bonchev–Trinajstić information content (AvgIpc) is 2.73. The molecule has 2 rings (SSSR count). The van der Waals surface area contributed by atoms with Crippen LogP contribution in [-0.4, -0.2) is 41.1 Å². The fraction of sp³-hybridized carbons (Fsp3) is 0.615. The molecule has 0 saturated carbocycles. The number of rotatable bonds is 5. The van der Waals surface area contributed by atoms with Crippen molar-refractivity contribution >= 4 is 23.2 Å². The molecule has 1 fully saturated rings. The normalized spacial score (nSPS) is 19.3. The minimum atomic E-state index is -1.01. The number of thiazole rings is 1. The van der Waals surface area contributed by atoms with E-state index in [-0.39, 0.29) is 17.6 Å². The first-order chi connectivity index (χ1) is 9.66. The summed E-state index contributed by atoms with van der Waals surface area (Å²) in [5.74, 6) is -0.985. The van der Waals surface area contributed by atoms with Crippen molar-refractivity contribution in [2.75, 3.05) is 13.1 Å². The molecule has 20 heavy (non-hydrogen) atoms. The monoisotopic (exact) mass is 297 g/mol. The van der Waals surface area contributed by atoms with Crippen LogP contribution < -0.4 is 10.6 Å². The highest BCUT2D eigenvalue weighted by Gasteiger charge is 2.19. The Labute approximate surface area is 121 Å². The first kappa shape index (κ1) is 14.9. The highest BCUT2D eigenvalue weighted by Crippen LogP contribution is 2.10. The van der Waals surface area contributed by atoms with E-state index in [0.717, 1.165) is 30.8 Å². The van der Waals surface area contributed by atoms with Crippen molar-refractivity contribution in [1.82, 2.24) is 15.6 Å². The van der Waals surface area contributed by atoms with Gasteiger partial charge in [0, 0.05) is 18.3 Å². The smallest absolute Gasteiger partial charge is 0.355 e. The molecule has 1 atom stereocenters. The molecule has 0 aromatic carbocycles. The standard InChI is InChI=1S/C13H19N3O3S/c17-12(9-4-2-1-3-6-14-9)15-7-5-11-16-10(8-20-11)13(18)19/h8-9,14H,1-7H2,(H,15,17)(H,18,19). The third-order valence-electron chi connectivity index (χ3n) is 3.29. The molecule has 0 bridgehead atoms. The third-order valence-corrected chi connectivity index (χ3v) is 4.19. The Morgan fingerprint density at radius 2 is 2.30 bits per heavy atom. The van der Waals surface area contributed by atoms with E-state index < -0.39 is 5.97 Å². The highest BCUT2D eigenvalue weighted by molar-refractivity contribution is 7.09. The Balaban J connectivity index is 1.74. The van der Waals surface area contributed by atoms with Crippen molar-refractivity contribution in [2.24, 2.45) is 0 Å². The van der Waals surface area contributed by atoms with Gasteiger partial charge in [-0.1, -0.05) is 12.8 Å². The van der Waals surface area contributed by atoms with E-state index in [1.165, 1.54) is 23.1 Å². The molecule has 1 aliphatic rings. The molecule has 1 saturated heterocycles. The zero-order valence-electron chi connectivity index (χ0n) is 11.2. The van der Waals surface area contributed by atoms with Gasteiger partial charge in [-0.2, -0.15) is 0 Å². The second-order valence-electron chi connectivity index (χ2n) is 4.83. The first-order valence-electron chi connectivity index (χ1n) is 6.85. The lowest BCUT2D eigenvalue weighted by molar-refractivity contribution is -0.123. The third kappa shape index (κ3) is 4.28. The Kier molecular flexibility index (Phi) is 5.49. The SMILES string of the molecule is O=C(O)c1csc(CCNC(=O)C2CCCCCN2)n1. The fourth-order valence-corrected chi connectivity index (χ4v) is 2.96. The van der Waals surface area contributed by atoms with Gasteiger partial charge in [-0.3, -0.25) is 4.79 Å². The van der Waals surface area contributed by atoms with E-state index in [4.69, 9.17) is 5.11 Å². The Morgan fingerprint density at radius 1 is 1.45 bits per heavy atom. The van der Waals surface area contributed by atoms with Gasteiger partial charge in [0.05, 0.1) is 11.0 Å². The summed E-state index contributed by atoms with van der Waals surface area (Å²) in [4.78, 5) is 26.7. The molecule has 0 spiro atoms. The summed E-state index contributed by atoms with van der Waals surface area (Å²) in [5.41, 5.74) is 0.0711. The Bertz CT molecular complexity index is 467. The van der Waals surface area contributed by atoms with Crippen molar-refractivity contribution < 1.29 is 14.7 Å². The number of hydrogen-bond donors (Lipinski definition) is 3. The van der Waals surface area contributed by atoms with Crippen LogP contribution in [0.4, 0.5) is 0 Å². The molecule has 3 N–H and O–H groups in total. The molecule has 7 heteroatoms. The van der Waals surface area contributed by atoms with E-state index in [2.05, 4.69) is 15.6 Å². The van der Waals surface area contributed by atoms with Gasteiger partial charge < -0.3 is 15.7 Å². The lowest BCUT2D eigenvalue weighted by Crippen LogP contribution is -2.44. The summed E-state index contributed by atoms with van der Waals surface area (Å²) in [6.45, 7) is 1.39. The topological polar surface area (TPSA) is 91.3 Å². The lowest BCUT2D eigenvalue weighted by Gasteiger charge is -2.15. The van der Waals surface area contributed by atoms with E-state index in [1.54, 1.807) is 0 Å². The molecular weight excluding hydrogens is 278 g/mol. The number of aromatic nitrogens is 1. The van der Waals surface area contributed by atoms with Crippen molar-refractivity contribution in [1.29, 1.82) is 0 Å². The van der Waals surface area contributed by atoms with Crippen LogP contribution in [0.15, 0.2) is 5.38 Å². The zero-order valence-corrected chi connectivity index (χ0v) is 12.0. The number of nitrogens with zero attached hydrogens (tertiary/aromatic N) is 1. The number of nitrogens with one attached hydrogen (secondary N) is 2. The molecule has 0 aliphatic carbocycles. The summed E-state index contributed by atoms with van der Waals surface area (Å²) < 4.78 is 0. The van der Waals surface area contributed by atoms with Crippen LogP contribution in [0.1, 0.15) is 41.2 Å². The number of carboxylic acid groups (broad SMARTS) is 1. The number of amides is 1. The maximum atomic E-state index is 12.0. The number of carbonyl (C=O) groups is 2. The van der Waals surface area contributed by atoms with E-state index in [9.17, 15) is 9.59 Å². The zero-order chi connectivity index (χ0) is 14.4. The summed E-state index contributed by atoms with van der Waals surface area (Å²) >= 11 is 1.31. The van der Waals surface area contributed by atoms with Crippen LogP contribution in [0, 0.1) is 0 Å². The number of aromatic carboxylic acids is 1. The summed E-state index contributed by atoms with van der Waals surface area (Å²) in [7, 11) is 0. The van der Waals surface area contributed by atoms with Crippen LogP contribution in [0.25, 0.3) is 0 Å². The molecule has 0 radical (unpaired) electrons. The van der Waals surface area contributed by atoms with Gasteiger partial charge in [0.1, 0.15) is 0 Å². The molecule has 1 aliphatic heterocycles. The molecule has 1 aromatic heterocycles. The number of carboxylic acids is 1. The van der Waals surface area contributed by atoms with E-state index in [1.807, 2.05) is 0 Å². The van der Waals surface area contributed by atoms with Crippen LogP contribution in [-0.2, 0) is 11.2 Å². The second kappa shape index (κ2) is 7.35. The van der Waals surface area contributed by atoms with Gasteiger partial charge in [-0.05, 0) is 19.4 Å². The van der Waals surface area contributed by atoms with Crippen molar-refractivity contribution in [3.05, 3.63) is 16.1 Å². The molecular formula is C13H19N3O3S. The van der Waals surface area contributed by atoms with E-state index in [0.29, 0.717) is 13.0 Å². The number of carbonyl (C=O) groups excluding carboxylic acids is 1. The van der Waals surface area contributed by atoms with Gasteiger partial charge in [0.15, 0.2) is 5.69 Å². The van der Waals surface area contributed by atoms with Crippen molar-refractivity contribution in [3.8, 4) is 0 Å². The van der Waals surface area contributed by atoms with Gasteiger partial charge in [-0.25, -0.2) is 9.78 Å². The molecule has 1 unspecified atom stereocenters. The predicted octanol–water partition coefficient (Wildman–Crippen LogP) is 1.03. The van der Waals surface area contributed by atoms with Crippen LogP contribution >= 0.6 is 11.3 Å². The van der Waals surface area contributed by atoms with Crippen LogP contribution in [0.2, 0.25) is 0 Å². The lowest BCUT2D eigenvalue weighted by atomic mass is 10.1. The second-order valence-corrected chi connectivity index (χ2v) is 5.77. The first-order valence-corrected chi connectivity index (χ1v) is 7.73. The predicted molar refractivity (Wildman–Crippen MR) is 76.0 cm³/mol. The highest BCUT2D eigenvalue weighted by atomic mass is 32.1. The minimum absolute atomic E-state index is 0.0296. The van der Waals surface area contributed by atoms with Gasteiger partial charge >= 0.3 is 5.97 Å². The van der Waals surface area contributed by atoms with E-state index >= 15 is 0 Å². The molecule has 1 aromatic rings. The maximum Gasteiger partial charge on any atom is 0.355 e. The fourth-order valence-electron chi connectivity index (χ4n) is 2.19. The quantitative estimate of drug-likeness (QED) is 0.755. The molecule has 1 amide bonds. The minimum Gasteiger partial charge on any atom is -0.476 e. The van der Waals surface area contributed by atoms with Crippen molar-refractivity contribution in [2.45, 2.75) is 38.1 Å².